The predicted molar refractivity (Wildman–Crippen MR) is 103 cm³/mol. The topological polar surface area (TPSA) is 118 Å². The number of anilines is 1. The van der Waals surface area contributed by atoms with Gasteiger partial charge in [-0.1, -0.05) is 32.4 Å². The molecule has 0 radical (unpaired) electrons. The van der Waals surface area contributed by atoms with E-state index in [1.807, 2.05) is 0 Å². The quantitative estimate of drug-likeness (QED) is 0.713. The van der Waals surface area contributed by atoms with Gasteiger partial charge in [-0.05, 0) is 30.2 Å². The van der Waals surface area contributed by atoms with E-state index in [9.17, 15) is 14.4 Å². The second kappa shape index (κ2) is 8.31. The first-order valence-electron chi connectivity index (χ1n) is 8.90. The van der Waals surface area contributed by atoms with Gasteiger partial charge >= 0.3 is 5.97 Å². The first-order chi connectivity index (χ1) is 12.5. The molecule has 1 saturated heterocycles. The molecule has 150 valence electrons. The fourth-order valence-electron chi connectivity index (χ4n) is 3.28. The smallest absolute Gasteiger partial charge is 0.322 e. The molecular formula is C18H27ClN4O4. The summed E-state index contributed by atoms with van der Waals surface area (Å²) in [7, 11) is 0. The van der Waals surface area contributed by atoms with E-state index >= 15 is 0 Å². The summed E-state index contributed by atoms with van der Waals surface area (Å²) in [6.07, 6.45) is 1.52. The third-order valence-corrected chi connectivity index (χ3v) is 5.04. The van der Waals surface area contributed by atoms with Crippen molar-refractivity contribution in [3.63, 3.8) is 0 Å². The molecule has 1 fully saturated rings. The molecule has 4 N–H and O–H groups in total. The van der Waals surface area contributed by atoms with Gasteiger partial charge in [-0.3, -0.25) is 14.4 Å². The number of H-pyrrole nitrogens is 1. The number of aromatic nitrogens is 1. The van der Waals surface area contributed by atoms with Crippen molar-refractivity contribution in [1.82, 2.24) is 15.4 Å². The van der Waals surface area contributed by atoms with Crippen LogP contribution in [-0.4, -0.2) is 41.1 Å². The molecule has 0 aliphatic carbocycles. The normalized spacial score (nSPS) is 20.9. The number of pyridine rings is 1. The zero-order valence-electron chi connectivity index (χ0n) is 16.1. The molecule has 0 saturated carbocycles. The number of carbonyl (C=O) groups is 2. The summed E-state index contributed by atoms with van der Waals surface area (Å²) in [5.74, 6) is -0.597. The van der Waals surface area contributed by atoms with Crippen LogP contribution in [0.15, 0.2) is 10.9 Å². The van der Waals surface area contributed by atoms with Gasteiger partial charge in [0.15, 0.2) is 0 Å². The lowest BCUT2D eigenvalue weighted by atomic mass is 9.78. The number of nitrogens with one attached hydrogen (secondary N) is 2. The van der Waals surface area contributed by atoms with Crippen LogP contribution in [0.2, 0.25) is 5.02 Å². The number of halogens is 1. The van der Waals surface area contributed by atoms with E-state index in [-0.39, 0.29) is 39.7 Å². The van der Waals surface area contributed by atoms with E-state index < -0.39 is 11.5 Å². The zero-order valence-corrected chi connectivity index (χ0v) is 16.9. The van der Waals surface area contributed by atoms with Crippen molar-refractivity contribution in [3.8, 4) is 0 Å². The van der Waals surface area contributed by atoms with Gasteiger partial charge < -0.3 is 20.9 Å². The summed E-state index contributed by atoms with van der Waals surface area (Å²) in [6.45, 7) is 8.67. The molecule has 1 aliphatic rings. The highest BCUT2D eigenvalue weighted by molar-refractivity contribution is 6.33. The average molecular weight is 399 g/mol. The molecule has 1 aromatic heterocycles. The maximum atomic E-state index is 12.3. The molecule has 1 amide bonds. The van der Waals surface area contributed by atoms with Crippen LogP contribution in [0.3, 0.4) is 0 Å². The number of hydrogen-bond acceptors (Lipinski definition) is 6. The Morgan fingerprint density at radius 3 is 2.70 bits per heavy atom. The van der Waals surface area contributed by atoms with Crippen molar-refractivity contribution in [2.75, 3.05) is 18.8 Å². The van der Waals surface area contributed by atoms with E-state index in [0.29, 0.717) is 13.1 Å². The van der Waals surface area contributed by atoms with E-state index in [0.717, 1.165) is 12.8 Å². The van der Waals surface area contributed by atoms with Gasteiger partial charge in [0, 0.05) is 20.0 Å². The Morgan fingerprint density at radius 2 is 2.11 bits per heavy atom. The number of nitrogen functional groups attached to an aromatic ring is 1. The molecule has 2 unspecified atom stereocenters. The Kier molecular flexibility index (Phi) is 6.54. The number of amides is 1. The van der Waals surface area contributed by atoms with Crippen molar-refractivity contribution in [2.24, 2.45) is 11.3 Å². The van der Waals surface area contributed by atoms with Crippen LogP contribution < -0.4 is 16.6 Å². The van der Waals surface area contributed by atoms with Crippen molar-refractivity contribution < 1.29 is 14.4 Å². The summed E-state index contributed by atoms with van der Waals surface area (Å²) in [6, 6.07) is 1.30. The first-order valence-corrected chi connectivity index (χ1v) is 9.28. The first kappa shape index (κ1) is 21.2. The highest BCUT2D eigenvalue weighted by atomic mass is 35.5. The molecular weight excluding hydrogens is 372 g/mol. The summed E-state index contributed by atoms with van der Waals surface area (Å²) in [5, 5.41) is 4.67. The Hall–Kier alpha value is -2.06. The van der Waals surface area contributed by atoms with Crippen LogP contribution in [0.25, 0.3) is 0 Å². The van der Waals surface area contributed by atoms with Crippen LogP contribution in [-0.2, 0) is 9.63 Å². The molecule has 9 heteroatoms. The van der Waals surface area contributed by atoms with E-state index in [4.69, 9.17) is 22.2 Å². The number of hydroxylamine groups is 2. The van der Waals surface area contributed by atoms with E-state index in [2.05, 4.69) is 31.1 Å². The van der Waals surface area contributed by atoms with Gasteiger partial charge in [0.05, 0.1) is 11.1 Å². The zero-order chi connectivity index (χ0) is 20.4. The molecule has 0 aromatic carbocycles. The minimum atomic E-state index is -0.577. The second-order valence-corrected chi connectivity index (χ2v) is 8.39. The lowest BCUT2D eigenvalue weighted by Gasteiger charge is -2.44. The molecule has 1 aromatic rings. The SMILES string of the molecule is CC(=O)ON1CCC(CNC(=O)c2cc(Cl)c(N)[nH]c2=O)CC1C(C)(C)C. The van der Waals surface area contributed by atoms with E-state index in [1.54, 1.807) is 5.06 Å². The van der Waals surface area contributed by atoms with Crippen molar-refractivity contribution in [3.05, 3.63) is 27.0 Å². The molecule has 2 heterocycles. The molecule has 2 rings (SSSR count). The number of carbonyl (C=O) groups excluding carboxylic acids is 2. The third-order valence-electron chi connectivity index (χ3n) is 4.72. The van der Waals surface area contributed by atoms with Crippen molar-refractivity contribution in [2.45, 2.75) is 46.6 Å². The van der Waals surface area contributed by atoms with Crippen LogP contribution in [0.5, 0.6) is 0 Å². The lowest BCUT2D eigenvalue weighted by Crippen LogP contribution is -2.51. The Morgan fingerprint density at radius 1 is 1.44 bits per heavy atom. The van der Waals surface area contributed by atoms with Gasteiger partial charge in [-0.2, -0.15) is 0 Å². The third kappa shape index (κ3) is 5.46. The average Bonchev–Trinajstić information content (AvgIpc) is 2.55. The van der Waals surface area contributed by atoms with E-state index in [1.165, 1.54) is 13.0 Å². The molecule has 8 nitrogen and oxygen atoms in total. The van der Waals surface area contributed by atoms with Crippen molar-refractivity contribution >= 4 is 29.3 Å². The maximum Gasteiger partial charge on any atom is 0.322 e. The number of nitrogens with two attached hydrogens (primary N) is 1. The summed E-state index contributed by atoms with van der Waals surface area (Å²) in [4.78, 5) is 43.3. The van der Waals surface area contributed by atoms with Gasteiger partial charge in [-0.25, -0.2) is 0 Å². The number of piperidine rings is 1. The van der Waals surface area contributed by atoms with Gasteiger partial charge in [0.25, 0.3) is 11.5 Å². The molecule has 27 heavy (non-hydrogen) atoms. The van der Waals surface area contributed by atoms with Gasteiger partial charge in [0.2, 0.25) is 0 Å². The fourth-order valence-corrected chi connectivity index (χ4v) is 3.44. The summed E-state index contributed by atoms with van der Waals surface area (Å²) < 4.78 is 0. The van der Waals surface area contributed by atoms with Crippen LogP contribution >= 0.6 is 11.6 Å². The second-order valence-electron chi connectivity index (χ2n) is 7.98. The minimum absolute atomic E-state index is 0.0316. The Balaban J connectivity index is 2.02. The van der Waals surface area contributed by atoms with Crippen LogP contribution in [0.4, 0.5) is 5.82 Å². The Bertz CT molecular complexity index is 772. The largest absolute Gasteiger partial charge is 0.384 e. The van der Waals surface area contributed by atoms with Crippen LogP contribution in [0.1, 0.15) is 50.9 Å². The number of rotatable bonds is 4. The molecule has 2 atom stereocenters. The van der Waals surface area contributed by atoms with Gasteiger partial charge in [-0.15, -0.1) is 5.06 Å². The number of hydrogen-bond donors (Lipinski definition) is 3. The summed E-state index contributed by atoms with van der Waals surface area (Å²) in [5.41, 5.74) is 4.78. The minimum Gasteiger partial charge on any atom is -0.384 e. The Labute approximate surface area is 163 Å². The predicted octanol–water partition coefficient (Wildman–Crippen LogP) is 1.95. The molecule has 0 bridgehead atoms. The fraction of sp³-hybridized carbons (Fsp3) is 0.611. The number of nitrogens with zero attached hydrogens (tertiary/aromatic N) is 1. The highest BCUT2D eigenvalue weighted by Gasteiger charge is 2.38. The number of aromatic amines is 1. The monoisotopic (exact) mass is 398 g/mol. The van der Waals surface area contributed by atoms with Crippen LogP contribution in [0, 0.1) is 11.3 Å². The highest BCUT2D eigenvalue weighted by Crippen LogP contribution is 2.34. The molecule has 1 aliphatic heterocycles. The lowest BCUT2D eigenvalue weighted by molar-refractivity contribution is -0.220. The van der Waals surface area contributed by atoms with Crippen molar-refractivity contribution in [1.29, 1.82) is 0 Å². The summed E-state index contributed by atoms with van der Waals surface area (Å²) >= 11 is 5.88. The van der Waals surface area contributed by atoms with Gasteiger partial charge in [0.1, 0.15) is 11.4 Å². The molecule has 0 spiro atoms. The maximum absolute atomic E-state index is 12.3. The standard InChI is InChI=1S/C18H27ClN4O4/c1-10(24)27-23-6-5-11(7-14(23)18(2,3)4)9-21-16(25)12-8-13(19)15(20)22-17(12)26/h8,11,14H,5-7,9H2,1-4H3,(H,21,25)(H3,20,22,26).